The lowest BCUT2D eigenvalue weighted by molar-refractivity contribution is -0.117. The van der Waals surface area contributed by atoms with Gasteiger partial charge in [0.1, 0.15) is 4.99 Å². The maximum absolute atomic E-state index is 12.1. The molecule has 0 spiro atoms. The molecular weight excluding hydrogens is 286 g/mol. The highest BCUT2D eigenvalue weighted by atomic mass is 32.1. The van der Waals surface area contributed by atoms with Crippen molar-refractivity contribution >= 4 is 28.8 Å². The molecule has 5 nitrogen and oxygen atoms in total. The molecule has 1 aliphatic heterocycles. The summed E-state index contributed by atoms with van der Waals surface area (Å²) in [7, 11) is 0. The summed E-state index contributed by atoms with van der Waals surface area (Å²) in [4.78, 5) is 14.4. The van der Waals surface area contributed by atoms with Crippen LogP contribution in [-0.4, -0.2) is 46.6 Å². The minimum atomic E-state index is -0.0948. The van der Waals surface area contributed by atoms with E-state index in [4.69, 9.17) is 18.0 Å². The molecule has 2 unspecified atom stereocenters. The Labute approximate surface area is 130 Å². The van der Waals surface area contributed by atoms with Crippen LogP contribution in [-0.2, 0) is 4.79 Å². The molecule has 1 aliphatic rings. The normalized spacial score (nSPS) is 22.2. The van der Waals surface area contributed by atoms with Gasteiger partial charge in [-0.3, -0.25) is 9.69 Å². The molecule has 0 aromatic heterocycles. The number of carbonyl (C=O) groups is 1. The van der Waals surface area contributed by atoms with Crippen LogP contribution in [0.2, 0.25) is 0 Å². The smallest absolute Gasteiger partial charge is 0.238 e. The fourth-order valence-electron chi connectivity index (χ4n) is 2.71. The molecule has 21 heavy (non-hydrogen) atoms. The Morgan fingerprint density at radius 1 is 1.57 bits per heavy atom. The van der Waals surface area contributed by atoms with Gasteiger partial charge in [-0.05, 0) is 31.0 Å². The van der Waals surface area contributed by atoms with Gasteiger partial charge in [0.25, 0.3) is 0 Å². The zero-order valence-electron chi connectivity index (χ0n) is 12.1. The van der Waals surface area contributed by atoms with Crippen LogP contribution in [0, 0.1) is 5.92 Å². The standard InChI is InChI=1S/C15H21N3O2S/c1-10-5-6-18(13(10)9-19)8-14(20)17-12-4-2-3-11(7-12)15(16)21/h2-4,7,10,13,19H,5-6,8-9H2,1H3,(H2,16,21)(H,17,20). The van der Waals surface area contributed by atoms with Gasteiger partial charge in [-0.15, -0.1) is 0 Å². The first-order valence-electron chi connectivity index (χ1n) is 7.06. The van der Waals surface area contributed by atoms with Crippen molar-refractivity contribution < 1.29 is 9.90 Å². The Balaban J connectivity index is 1.96. The topological polar surface area (TPSA) is 78.6 Å². The van der Waals surface area contributed by atoms with Gasteiger partial charge in [-0.25, -0.2) is 0 Å². The summed E-state index contributed by atoms with van der Waals surface area (Å²) < 4.78 is 0. The molecule has 0 radical (unpaired) electrons. The van der Waals surface area contributed by atoms with Crippen LogP contribution >= 0.6 is 12.2 Å². The van der Waals surface area contributed by atoms with Crippen molar-refractivity contribution in [1.82, 2.24) is 4.90 Å². The van der Waals surface area contributed by atoms with E-state index in [1.807, 2.05) is 11.0 Å². The van der Waals surface area contributed by atoms with E-state index in [1.165, 1.54) is 0 Å². The van der Waals surface area contributed by atoms with E-state index in [9.17, 15) is 9.90 Å². The van der Waals surface area contributed by atoms with Crippen molar-refractivity contribution in [3.8, 4) is 0 Å². The number of likely N-dealkylation sites (tertiary alicyclic amines) is 1. The average Bonchev–Trinajstić information content (AvgIpc) is 2.79. The second-order valence-corrected chi connectivity index (χ2v) is 5.92. The molecule has 6 heteroatoms. The van der Waals surface area contributed by atoms with Gasteiger partial charge in [0.2, 0.25) is 5.91 Å². The number of benzene rings is 1. The van der Waals surface area contributed by atoms with Crippen LogP contribution in [0.4, 0.5) is 5.69 Å². The van der Waals surface area contributed by atoms with Gasteiger partial charge in [0.15, 0.2) is 0 Å². The SMILES string of the molecule is CC1CCN(CC(=O)Nc2cccc(C(N)=S)c2)C1CO. The van der Waals surface area contributed by atoms with Crippen LogP contribution in [0.25, 0.3) is 0 Å². The highest BCUT2D eigenvalue weighted by molar-refractivity contribution is 7.80. The first-order chi connectivity index (χ1) is 10.0. The van der Waals surface area contributed by atoms with Crippen LogP contribution in [0.3, 0.4) is 0 Å². The van der Waals surface area contributed by atoms with Gasteiger partial charge in [0, 0.05) is 17.3 Å². The fourth-order valence-corrected chi connectivity index (χ4v) is 2.84. The number of thiocarbonyl (C=S) groups is 1. The molecule has 1 aromatic carbocycles. The molecule has 2 rings (SSSR count). The van der Waals surface area contributed by atoms with Gasteiger partial charge in [-0.1, -0.05) is 31.3 Å². The summed E-state index contributed by atoms with van der Waals surface area (Å²) in [6, 6.07) is 7.24. The molecule has 2 atom stereocenters. The average molecular weight is 307 g/mol. The number of aliphatic hydroxyl groups is 1. The largest absolute Gasteiger partial charge is 0.395 e. The number of hydrogen-bond donors (Lipinski definition) is 3. The predicted octanol–water partition coefficient (Wildman–Crippen LogP) is 0.962. The van der Waals surface area contributed by atoms with Crippen molar-refractivity contribution in [3.63, 3.8) is 0 Å². The lowest BCUT2D eigenvalue weighted by Crippen LogP contribution is -2.40. The second kappa shape index (κ2) is 6.98. The minimum absolute atomic E-state index is 0.0682. The highest BCUT2D eigenvalue weighted by Gasteiger charge is 2.31. The summed E-state index contributed by atoms with van der Waals surface area (Å²) in [6.45, 7) is 3.31. The lowest BCUT2D eigenvalue weighted by Gasteiger charge is -2.24. The van der Waals surface area contributed by atoms with Crippen LogP contribution in [0.5, 0.6) is 0 Å². The maximum atomic E-state index is 12.1. The quantitative estimate of drug-likeness (QED) is 0.706. The Kier molecular flexibility index (Phi) is 5.27. The summed E-state index contributed by atoms with van der Waals surface area (Å²) in [5, 5.41) is 12.3. The van der Waals surface area contributed by atoms with Crippen LogP contribution in [0.1, 0.15) is 18.9 Å². The Bertz CT molecular complexity index is 535. The molecule has 0 bridgehead atoms. The molecule has 114 valence electrons. The summed E-state index contributed by atoms with van der Waals surface area (Å²) in [6.07, 6.45) is 1.01. The van der Waals surface area contributed by atoms with Crippen molar-refractivity contribution in [3.05, 3.63) is 29.8 Å². The van der Waals surface area contributed by atoms with Crippen LogP contribution < -0.4 is 11.1 Å². The van der Waals surface area contributed by atoms with E-state index >= 15 is 0 Å². The van der Waals surface area contributed by atoms with Crippen molar-refractivity contribution in [2.24, 2.45) is 11.7 Å². The number of amides is 1. The van der Waals surface area contributed by atoms with Gasteiger partial charge < -0.3 is 16.2 Å². The van der Waals surface area contributed by atoms with E-state index in [1.54, 1.807) is 18.2 Å². The van der Waals surface area contributed by atoms with Gasteiger partial charge in [0.05, 0.1) is 13.2 Å². The molecule has 1 amide bonds. The molecular formula is C15H21N3O2S. The van der Waals surface area contributed by atoms with Crippen molar-refractivity contribution in [2.75, 3.05) is 25.0 Å². The Morgan fingerprint density at radius 3 is 3.00 bits per heavy atom. The highest BCUT2D eigenvalue weighted by Crippen LogP contribution is 2.23. The Morgan fingerprint density at radius 2 is 2.33 bits per heavy atom. The first kappa shape index (κ1) is 15.9. The summed E-state index contributed by atoms with van der Waals surface area (Å²) in [5.74, 6) is 0.323. The van der Waals surface area contributed by atoms with Crippen molar-refractivity contribution in [1.29, 1.82) is 0 Å². The van der Waals surface area contributed by atoms with Crippen molar-refractivity contribution in [2.45, 2.75) is 19.4 Å². The predicted molar refractivity (Wildman–Crippen MR) is 87.2 cm³/mol. The molecule has 1 saturated heterocycles. The third-order valence-corrected chi connectivity index (χ3v) is 4.20. The molecule has 0 aliphatic carbocycles. The number of aliphatic hydroxyl groups excluding tert-OH is 1. The number of rotatable bonds is 5. The van der Waals surface area contributed by atoms with E-state index < -0.39 is 0 Å². The number of carbonyl (C=O) groups excluding carboxylic acids is 1. The van der Waals surface area contributed by atoms with E-state index in [0.29, 0.717) is 16.6 Å². The maximum Gasteiger partial charge on any atom is 0.238 e. The van der Waals surface area contributed by atoms with E-state index in [0.717, 1.165) is 18.5 Å². The molecule has 0 saturated carbocycles. The zero-order valence-corrected chi connectivity index (χ0v) is 12.9. The number of hydrogen-bond acceptors (Lipinski definition) is 4. The Hall–Kier alpha value is -1.50. The van der Waals surface area contributed by atoms with Gasteiger partial charge in [-0.2, -0.15) is 0 Å². The lowest BCUT2D eigenvalue weighted by atomic mass is 10.0. The number of nitrogens with one attached hydrogen (secondary N) is 1. The van der Waals surface area contributed by atoms with E-state index in [-0.39, 0.29) is 25.1 Å². The number of nitrogens with two attached hydrogens (primary N) is 1. The third kappa shape index (κ3) is 4.00. The van der Waals surface area contributed by atoms with E-state index in [2.05, 4.69) is 12.2 Å². The molecule has 4 N–H and O–H groups in total. The molecule has 1 heterocycles. The van der Waals surface area contributed by atoms with Gasteiger partial charge >= 0.3 is 0 Å². The molecule has 1 fully saturated rings. The second-order valence-electron chi connectivity index (χ2n) is 5.48. The molecule has 1 aromatic rings. The zero-order chi connectivity index (χ0) is 15.4. The number of nitrogens with zero attached hydrogens (tertiary/aromatic N) is 1. The van der Waals surface area contributed by atoms with Crippen LogP contribution in [0.15, 0.2) is 24.3 Å². The summed E-state index contributed by atoms with van der Waals surface area (Å²) >= 11 is 4.92. The number of anilines is 1. The first-order valence-corrected chi connectivity index (χ1v) is 7.46. The monoisotopic (exact) mass is 307 g/mol. The summed E-state index contributed by atoms with van der Waals surface area (Å²) in [5.41, 5.74) is 6.99. The minimum Gasteiger partial charge on any atom is -0.395 e. The fraction of sp³-hybridized carbons (Fsp3) is 0.467. The third-order valence-electron chi connectivity index (χ3n) is 3.96.